The number of nitrogens with one attached hydrogen (secondary N) is 1. The molecule has 2 rings (SSSR count). The first kappa shape index (κ1) is 8.74. The fourth-order valence-corrected chi connectivity index (χ4v) is 1.34. The van der Waals surface area contributed by atoms with Crippen LogP contribution >= 0.6 is 0 Å². The predicted octanol–water partition coefficient (Wildman–Crippen LogP) is 2.23. The van der Waals surface area contributed by atoms with E-state index in [0.717, 1.165) is 0 Å². The zero-order chi connectivity index (χ0) is 10.1. The van der Waals surface area contributed by atoms with Crippen LogP contribution in [0.3, 0.4) is 0 Å². The number of benzene rings is 1. The Morgan fingerprint density at radius 2 is 2.29 bits per heavy atom. The largest absolute Gasteiger partial charge is 0.426 e. The van der Waals surface area contributed by atoms with Crippen LogP contribution in [0.5, 0.6) is 5.75 Å². The Kier molecular flexibility index (Phi) is 1.96. The molecule has 0 amide bonds. The van der Waals surface area contributed by atoms with E-state index in [0.29, 0.717) is 10.9 Å². The van der Waals surface area contributed by atoms with Crippen LogP contribution in [-0.4, -0.2) is 11.0 Å². The molecular formula is C10H8FNO2. The Balaban J connectivity index is 2.60. The lowest BCUT2D eigenvalue weighted by molar-refractivity contribution is -0.131. The average Bonchev–Trinajstić information content (AvgIpc) is 2.50. The van der Waals surface area contributed by atoms with Gasteiger partial charge in [-0.2, -0.15) is 0 Å². The van der Waals surface area contributed by atoms with Crippen molar-refractivity contribution in [1.29, 1.82) is 0 Å². The van der Waals surface area contributed by atoms with Gasteiger partial charge in [0.25, 0.3) is 0 Å². The van der Waals surface area contributed by atoms with Gasteiger partial charge in [0.15, 0.2) is 0 Å². The minimum absolute atomic E-state index is 0.244. The summed E-state index contributed by atoms with van der Waals surface area (Å²) in [4.78, 5) is 13.6. The number of fused-ring (bicyclic) bond motifs is 1. The van der Waals surface area contributed by atoms with Crippen molar-refractivity contribution in [3.63, 3.8) is 0 Å². The van der Waals surface area contributed by atoms with Crippen LogP contribution in [0.25, 0.3) is 10.9 Å². The quantitative estimate of drug-likeness (QED) is 0.557. The standard InChI is InChI=1S/C10H8FNO2/c1-6(13)14-10-5-7(11)4-9-8(10)2-3-12-9/h2-5,12H,1H3. The van der Waals surface area contributed by atoms with Gasteiger partial charge in [-0.05, 0) is 12.1 Å². The molecule has 1 aromatic carbocycles. The topological polar surface area (TPSA) is 42.1 Å². The second kappa shape index (κ2) is 3.14. The average molecular weight is 193 g/mol. The lowest BCUT2D eigenvalue weighted by Crippen LogP contribution is -2.01. The third-order valence-electron chi connectivity index (χ3n) is 1.85. The van der Waals surface area contributed by atoms with E-state index in [1.807, 2.05) is 0 Å². The summed E-state index contributed by atoms with van der Waals surface area (Å²) in [5, 5.41) is 0.696. The van der Waals surface area contributed by atoms with Crippen LogP contribution in [0.4, 0.5) is 4.39 Å². The summed E-state index contributed by atoms with van der Waals surface area (Å²) >= 11 is 0. The van der Waals surface area contributed by atoms with Crippen LogP contribution < -0.4 is 4.74 Å². The van der Waals surface area contributed by atoms with Crippen molar-refractivity contribution in [2.75, 3.05) is 0 Å². The summed E-state index contributed by atoms with van der Waals surface area (Å²) in [5.74, 6) is -0.650. The summed E-state index contributed by atoms with van der Waals surface area (Å²) < 4.78 is 17.9. The molecular weight excluding hydrogens is 185 g/mol. The van der Waals surface area contributed by atoms with Crippen molar-refractivity contribution in [1.82, 2.24) is 4.98 Å². The molecule has 0 aliphatic rings. The van der Waals surface area contributed by atoms with Gasteiger partial charge < -0.3 is 9.72 Å². The van der Waals surface area contributed by atoms with Crippen molar-refractivity contribution in [2.24, 2.45) is 0 Å². The number of carbonyl (C=O) groups is 1. The molecule has 3 nitrogen and oxygen atoms in total. The van der Waals surface area contributed by atoms with Gasteiger partial charge in [-0.25, -0.2) is 4.39 Å². The molecule has 4 heteroatoms. The minimum Gasteiger partial charge on any atom is -0.426 e. The minimum atomic E-state index is -0.460. The smallest absolute Gasteiger partial charge is 0.308 e. The summed E-state index contributed by atoms with van der Waals surface area (Å²) in [6.45, 7) is 1.28. The maximum Gasteiger partial charge on any atom is 0.308 e. The molecule has 72 valence electrons. The molecule has 0 saturated carbocycles. The van der Waals surface area contributed by atoms with E-state index in [1.54, 1.807) is 12.3 Å². The van der Waals surface area contributed by atoms with Gasteiger partial charge in [0.1, 0.15) is 11.6 Å². The van der Waals surface area contributed by atoms with Gasteiger partial charge in [-0.3, -0.25) is 4.79 Å². The first-order chi connectivity index (χ1) is 6.66. The van der Waals surface area contributed by atoms with Crippen LogP contribution in [0.1, 0.15) is 6.92 Å². The number of aromatic amines is 1. The third-order valence-corrected chi connectivity index (χ3v) is 1.85. The van der Waals surface area contributed by atoms with Crippen molar-refractivity contribution in [3.8, 4) is 5.75 Å². The Hall–Kier alpha value is -1.84. The Morgan fingerprint density at radius 3 is 3.00 bits per heavy atom. The molecule has 0 unspecified atom stereocenters. The number of esters is 1. The molecule has 0 aliphatic heterocycles. The molecule has 0 atom stereocenters. The number of halogens is 1. The highest BCUT2D eigenvalue weighted by Gasteiger charge is 2.07. The summed E-state index contributed by atoms with van der Waals surface area (Å²) in [6.07, 6.45) is 1.66. The number of H-pyrrole nitrogens is 1. The molecule has 0 bridgehead atoms. The van der Waals surface area contributed by atoms with Crippen molar-refractivity contribution in [3.05, 3.63) is 30.2 Å². The highest BCUT2D eigenvalue weighted by Crippen LogP contribution is 2.26. The number of carbonyl (C=O) groups excluding carboxylic acids is 1. The maximum absolute atomic E-state index is 13.0. The second-order valence-electron chi connectivity index (χ2n) is 2.94. The fraction of sp³-hybridized carbons (Fsp3) is 0.100. The molecule has 2 aromatic rings. The molecule has 1 aromatic heterocycles. The van der Waals surface area contributed by atoms with Gasteiger partial charge in [0, 0.05) is 24.6 Å². The molecule has 0 fully saturated rings. The first-order valence-electron chi connectivity index (χ1n) is 4.12. The van der Waals surface area contributed by atoms with E-state index in [9.17, 15) is 9.18 Å². The normalized spacial score (nSPS) is 10.4. The molecule has 1 N–H and O–H groups in total. The van der Waals surface area contributed by atoms with Gasteiger partial charge in [-0.1, -0.05) is 0 Å². The van der Waals surface area contributed by atoms with Gasteiger partial charge in [0.2, 0.25) is 0 Å². The first-order valence-corrected chi connectivity index (χ1v) is 4.12. The van der Waals surface area contributed by atoms with Crippen LogP contribution in [0.15, 0.2) is 24.4 Å². The molecule has 0 aliphatic carbocycles. The number of hydrogen-bond donors (Lipinski definition) is 1. The molecule has 0 saturated heterocycles. The van der Waals surface area contributed by atoms with E-state index in [4.69, 9.17) is 4.74 Å². The van der Waals surface area contributed by atoms with Crippen molar-refractivity contribution < 1.29 is 13.9 Å². The highest BCUT2D eigenvalue weighted by molar-refractivity contribution is 5.88. The van der Waals surface area contributed by atoms with Gasteiger partial charge in [-0.15, -0.1) is 0 Å². The SMILES string of the molecule is CC(=O)Oc1cc(F)cc2[nH]ccc12. The van der Waals surface area contributed by atoms with Crippen LogP contribution in [0, 0.1) is 5.82 Å². The number of rotatable bonds is 1. The van der Waals surface area contributed by atoms with E-state index in [1.165, 1.54) is 19.1 Å². The number of ether oxygens (including phenoxy) is 1. The maximum atomic E-state index is 13.0. The van der Waals surface area contributed by atoms with E-state index in [2.05, 4.69) is 4.98 Å². The Labute approximate surface area is 79.5 Å². The van der Waals surface area contributed by atoms with Gasteiger partial charge in [0.05, 0.1) is 5.52 Å². The van der Waals surface area contributed by atoms with Crippen LogP contribution in [0.2, 0.25) is 0 Å². The van der Waals surface area contributed by atoms with Crippen LogP contribution in [-0.2, 0) is 4.79 Å². The molecule has 0 radical (unpaired) electrons. The summed E-state index contributed by atoms with van der Waals surface area (Å²) in [5.41, 5.74) is 0.612. The second-order valence-corrected chi connectivity index (χ2v) is 2.94. The lowest BCUT2D eigenvalue weighted by atomic mass is 10.2. The number of aromatic nitrogens is 1. The zero-order valence-corrected chi connectivity index (χ0v) is 7.50. The summed E-state index contributed by atoms with van der Waals surface area (Å²) in [7, 11) is 0. The predicted molar refractivity (Wildman–Crippen MR) is 49.6 cm³/mol. The Morgan fingerprint density at radius 1 is 1.50 bits per heavy atom. The lowest BCUT2D eigenvalue weighted by Gasteiger charge is -2.02. The van der Waals surface area contributed by atoms with E-state index >= 15 is 0 Å². The fourth-order valence-electron chi connectivity index (χ4n) is 1.34. The molecule has 14 heavy (non-hydrogen) atoms. The summed E-state index contributed by atoms with van der Waals surface area (Å²) in [6, 6.07) is 4.27. The van der Waals surface area contributed by atoms with E-state index in [-0.39, 0.29) is 5.75 Å². The third kappa shape index (κ3) is 1.46. The molecule has 1 heterocycles. The number of hydrogen-bond acceptors (Lipinski definition) is 2. The zero-order valence-electron chi connectivity index (χ0n) is 7.50. The van der Waals surface area contributed by atoms with Crippen molar-refractivity contribution in [2.45, 2.75) is 6.92 Å². The van der Waals surface area contributed by atoms with Gasteiger partial charge >= 0.3 is 5.97 Å². The molecule has 0 spiro atoms. The van der Waals surface area contributed by atoms with E-state index < -0.39 is 11.8 Å². The monoisotopic (exact) mass is 193 g/mol. The van der Waals surface area contributed by atoms with Crippen molar-refractivity contribution >= 4 is 16.9 Å². The highest BCUT2D eigenvalue weighted by atomic mass is 19.1. The Bertz CT molecular complexity index is 490.